The monoisotopic (exact) mass is 250 g/mol. The van der Waals surface area contributed by atoms with Gasteiger partial charge in [0.05, 0.1) is 0 Å². The molecule has 0 heterocycles. The van der Waals surface area contributed by atoms with Gasteiger partial charge in [0, 0.05) is 4.43 Å². The summed E-state index contributed by atoms with van der Waals surface area (Å²) in [6, 6.07) is 0. The van der Waals surface area contributed by atoms with E-state index in [0.717, 1.165) is 5.92 Å². The van der Waals surface area contributed by atoms with E-state index in [1.54, 1.807) is 5.57 Å². The minimum absolute atomic E-state index is 0.510. The van der Waals surface area contributed by atoms with Crippen molar-refractivity contribution in [2.24, 2.45) is 11.3 Å². The van der Waals surface area contributed by atoms with Gasteiger partial charge in [-0.15, -0.1) is 0 Å². The summed E-state index contributed by atoms with van der Waals surface area (Å²) >= 11 is 2.49. The van der Waals surface area contributed by atoms with E-state index in [4.69, 9.17) is 0 Å². The molecular formula is C9H15I. The Balaban J connectivity index is 2.64. The molecule has 1 saturated carbocycles. The lowest BCUT2D eigenvalue weighted by Crippen LogP contribution is -2.38. The summed E-state index contributed by atoms with van der Waals surface area (Å²) in [6.07, 6.45) is 3.62. The third kappa shape index (κ3) is 1.13. The molecule has 0 aromatic rings. The first-order valence-corrected chi connectivity index (χ1v) is 5.37. The van der Waals surface area contributed by atoms with Crippen molar-refractivity contribution in [3.8, 4) is 0 Å². The first kappa shape index (κ1) is 8.57. The van der Waals surface area contributed by atoms with Crippen LogP contribution in [0.15, 0.2) is 11.6 Å². The highest BCUT2D eigenvalue weighted by Crippen LogP contribution is 2.51. The van der Waals surface area contributed by atoms with Crippen molar-refractivity contribution in [1.29, 1.82) is 0 Å². The number of allylic oxidation sites excluding steroid dienone is 2. The fourth-order valence-corrected chi connectivity index (χ4v) is 3.06. The van der Waals surface area contributed by atoms with E-state index in [0.29, 0.717) is 5.41 Å². The van der Waals surface area contributed by atoms with Crippen LogP contribution in [0.4, 0.5) is 0 Å². The van der Waals surface area contributed by atoms with Crippen molar-refractivity contribution in [2.45, 2.75) is 27.2 Å². The third-order valence-corrected chi connectivity index (χ3v) is 3.91. The Labute approximate surface area is 77.2 Å². The van der Waals surface area contributed by atoms with Crippen molar-refractivity contribution in [1.82, 2.24) is 0 Å². The molecule has 1 fully saturated rings. The van der Waals surface area contributed by atoms with Gasteiger partial charge in [0.2, 0.25) is 0 Å². The zero-order chi connectivity index (χ0) is 7.78. The van der Waals surface area contributed by atoms with E-state index in [-0.39, 0.29) is 0 Å². The first-order chi connectivity index (χ1) is 4.62. The molecule has 0 N–H and O–H groups in total. The second kappa shape index (κ2) is 2.84. The SMILES string of the molecule is CC=C1CC(CI)C1(C)C. The topological polar surface area (TPSA) is 0 Å². The van der Waals surface area contributed by atoms with E-state index < -0.39 is 0 Å². The standard InChI is InChI=1S/C9H15I/c1-4-7-5-8(6-10)9(7,2)3/h4,8H,5-6H2,1-3H3. The fraction of sp³-hybridized carbons (Fsp3) is 0.778. The third-order valence-electron chi connectivity index (χ3n) is 2.85. The zero-order valence-electron chi connectivity index (χ0n) is 6.95. The predicted octanol–water partition coefficient (Wildman–Crippen LogP) is 3.41. The quantitative estimate of drug-likeness (QED) is 0.380. The number of halogens is 1. The minimum Gasteiger partial charge on any atom is -0.0879 e. The molecule has 0 aromatic heterocycles. The van der Waals surface area contributed by atoms with Gasteiger partial charge < -0.3 is 0 Å². The van der Waals surface area contributed by atoms with Gasteiger partial charge in [0.25, 0.3) is 0 Å². The number of alkyl halides is 1. The second-order valence-electron chi connectivity index (χ2n) is 3.59. The van der Waals surface area contributed by atoms with Crippen LogP contribution in [-0.2, 0) is 0 Å². The Morgan fingerprint density at radius 1 is 1.70 bits per heavy atom. The molecule has 10 heavy (non-hydrogen) atoms. The molecule has 0 saturated heterocycles. The Bertz CT molecular complexity index is 156. The molecule has 1 heteroatoms. The average molecular weight is 250 g/mol. The molecule has 1 unspecified atom stereocenters. The van der Waals surface area contributed by atoms with E-state index >= 15 is 0 Å². The molecule has 58 valence electrons. The van der Waals surface area contributed by atoms with Crippen LogP contribution < -0.4 is 0 Å². The van der Waals surface area contributed by atoms with Gasteiger partial charge in [-0.1, -0.05) is 48.1 Å². The second-order valence-corrected chi connectivity index (χ2v) is 4.47. The summed E-state index contributed by atoms with van der Waals surface area (Å²) in [7, 11) is 0. The molecule has 1 atom stereocenters. The van der Waals surface area contributed by atoms with Crippen LogP contribution in [0.3, 0.4) is 0 Å². The Morgan fingerprint density at radius 3 is 2.60 bits per heavy atom. The maximum Gasteiger partial charge on any atom is 0.00349 e. The molecule has 0 bridgehead atoms. The van der Waals surface area contributed by atoms with E-state index in [9.17, 15) is 0 Å². The number of hydrogen-bond donors (Lipinski definition) is 0. The molecule has 0 radical (unpaired) electrons. The molecule has 1 rings (SSSR count). The minimum atomic E-state index is 0.510. The Hall–Kier alpha value is 0.470. The fourth-order valence-electron chi connectivity index (χ4n) is 1.65. The van der Waals surface area contributed by atoms with Gasteiger partial charge in [-0.2, -0.15) is 0 Å². The molecule has 0 aliphatic heterocycles. The highest BCUT2D eigenvalue weighted by Gasteiger charge is 2.41. The van der Waals surface area contributed by atoms with Gasteiger partial charge in [-0.25, -0.2) is 0 Å². The van der Waals surface area contributed by atoms with Gasteiger partial charge in [0.1, 0.15) is 0 Å². The van der Waals surface area contributed by atoms with Crippen LogP contribution in [-0.4, -0.2) is 4.43 Å². The van der Waals surface area contributed by atoms with E-state index in [1.807, 2.05) is 0 Å². The molecule has 1 aliphatic carbocycles. The summed E-state index contributed by atoms with van der Waals surface area (Å²) in [4.78, 5) is 0. The van der Waals surface area contributed by atoms with Crippen molar-refractivity contribution in [3.05, 3.63) is 11.6 Å². The van der Waals surface area contributed by atoms with Crippen LogP contribution in [0.25, 0.3) is 0 Å². The summed E-state index contributed by atoms with van der Waals surface area (Å²) < 4.78 is 1.31. The Kier molecular flexibility index (Phi) is 2.43. The molecule has 0 amide bonds. The summed E-state index contributed by atoms with van der Waals surface area (Å²) in [6.45, 7) is 6.87. The van der Waals surface area contributed by atoms with Gasteiger partial charge in [-0.3, -0.25) is 0 Å². The molecule has 1 aliphatic rings. The zero-order valence-corrected chi connectivity index (χ0v) is 9.10. The van der Waals surface area contributed by atoms with Crippen LogP contribution >= 0.6 is 22.6 Å². The van der Waals surface area contributed by atoms with Crippen LogP contribution in [0.1, 0.15) is 27.2 Å². The number of rotatable bonds is 1. The highest BCUT2D eigenvalue weighted by atomic mass is 127. The molecule has 0 spiro atoms. The van der Waals surface area contributed by atoms with Crippen molar-refractivity contribution in [3.63, 3.8) is 0 Å². The van der Waals surface area contributed by atoms with Crippen molar-refractivity contribution in [2.75, 3.05) is 4.43 Å². The van der Waals surface area contributed by atoms with Crippen LogP contribution in [0.2, 0.25) is 0 Å². The summed E-state index contributed by atoms with van der Waals surface area (Å²) in [5.74, 6) is 0.930. The van der Waals surface area contributed by atoms with E-state index in [2.05, 4.69) is 49.4 Å². The predicted molar refractivity (Wildman–Crippen MR) is 54.5 cm³/mol. The summed E-state index contributed by atoms with van der Waals surface area (Å²) in [5.41, 5.74) is 2.16. The van der Waals surface area contributed by atoms with Gasteiger partial charge in [-0.05, 0) is 24.7 Å². The largest absolute Gasteiger partial charge is 0.0879 e. The molecule has 0 aromatic carbocycles. The van der Waals surface area contributed by atoms with E-state index in [1.165, 1.54) is 10.8 Å². The summed E-state index contributed by atoms with van der Waals surface area (Å²) in [5, 5.41) is 0. The highest BCUT2D eigenvalue weighted by molar-refractivity contribution is 14.1. The van der Waals surface area contributed by atoms with Crippen LogP contribution in [0, 0.1) is 11.3 Å². The van der Waals surface area contributed by atoms with Crippen molar-refractivity contribution >= 4 is 22.6 Å². The normalized spacial score (nSPS) is 34.0. The Morgan fingerprint density at radius 2 is 2.30 bits per heavy atom. The van der Waals surface area contributed by atoms with Gasteiger partial charge >= 0.3 is 0 Å². The maximum absolute atomic E-state index is 2.49. The van der Waals surface area contributed by atoms with Crippen LogP contribution in [0.5, 0.6) is 0 Å². The smallest absolute Gasteiger partial charge is 0.00349 e. The molecule has 0 nitrogen and oxygen atoms in total. The maximum atomic E-state index is 2.49. The van der Waals surface area contributed by atoms with Crippen molar-refractivity contribution < 1.29 is 0 Å². The van der Waals surface area contributed by atoms with Gasteiger partial charge in [0.15, 0.2) is 0 Å². The lowest BCUT2D eigenvalue weighted by atomic mass is 9.59. The first-order valence-electron chi connectivity index (χ1n) is 3.84. The lowest BCUT2D eigenvalue weighted by molar-refractivity contribution is 0.194. The number of hydrogen-bond acceptors (Lipinski definition) is 0. The average Bonchev–Trinajstić information content (AvgIpc) is 1.88. The molecular weight excluding hydrogens is 235 g/mol. The lowest BCUT2D eigenvalue weighted by Gasteiger charge is -2.47.